The van der Waals surface area contributed by atoms with Crippen LogP contribution in [-0.4, -0.2) is 57.2 Å². The highest BCUT2D eigenvalue weighted by atomic mass is 35.5. The lowest BCUT2D eigenvalue weighted by molar-refractivity contribution is -0.0647. The number of rotatable bonds is 2. The zero-order valence-corrected chi connectivity index (χ0v) is 10.7. The summed E-state index contributed by atoms with van der Waals surface area (Å²) in [6.45, 7) is 1.77. The molecule has 2 rings (SSSR count). The third kappa shape index (κ3) is 2.14. The van der Waals surface area contributed by atoms with Gasteiger partial charge >= 0.3 is 6.03 Å². The fourth-order valence-electron chi connectivity index (χ4n) is 2.08. The van der Waals surface area contributed by atoms with Gasteiger partial charge in [0.1, 0.15) is 18.2 Å². The van der Waals surface area contributed by atoms with Crippen molar-refractivity contribution in [3.63, 3.8) is 0 Å². The number of halogens is 1. The molecule has 102 valence electrons. The SMILES string of the molecule is CC1=C(N)N(Cl)C(=O)N([C@H]2C[C@H](O)[C@@H](CO)O2)C1. The van der Waals surface area contributed by atoms with Crippen LogP contribution in [0.1, 0.15) is 13.3 Å². The van der Waals surface area contributed by atoms with Gasteiger partial charge in [0, 0.05) is 24.7 Å². The molecule has 4 N–H and O–H groups in total. The van der Waals surface area contributed by atoms with Crippen molar-refractivity contribution in [2.24, 2.45) is 5.73 Å². The Hall–Kier alpha value is -1.02. The van der Waals surface area contributed by atoms with Crippen molar-refractivity contribution in [2.45, 2.75) is 31.8 Å². The fourth-order valence-corrected chi connectivity index (χ4v) is 2.33. The summed E-state index contributed by atoms with van der Waals surface area (Å²) in [5.74, 6) is 0.218. The van der Waals surface area contributed by atoms with Gasteiger partial charge < -0.3 is 20.7 Å². The van der Waals surface area contributed by atoms with Crippen molar-refractivity contribution in [2.75, 3.05) is 13.2 Å². The van der Waals surface area contributed by atoms with E-state index in [2.05, 4.69) is 0 Å². The Morgan fingerprint density at radius 1 is 1.61 bits per heavy atom. The topological polar surface area (TPSA) is 99.3 Å². The number of ether oxygens (including phenoxy) is 1. The van der Waals surface area contributed by atoms with Crippen LogP contribution in [0.5, 0.6) is 0 Å². The van der Waals surface area contributed by atoms with Crippen LogP contribution >= 0.6 is 11.8 Å². The molecule has 2 amide bonds. The van der Waals surface area contributed by atoms with E-state index in [9.17, 15) is 9.90 Å². The van der Waals surface area contributed by atoms with Crippen molar-refractivity contribution in [1.29, 1.82) is 0 Å². The molecule has 0 aliphatic carbocycles. The first-order valence-electron chi connectivity index (χ1n) is 5.61. The summed E-state index contributed by atoms with van der Waals surface area (Å²) >= 11 is 5.78. The smallest absolute Gasteiger partial charge is 0.342 e. The Labute approximate surface area is 109 Å². The molecule has 0 aromatic rings. The summed E-state index contributed by atoms with van der Waals surface area (Å²) in [5.41, 5.74) is 6.40. The highest BCUT2D eigenvalue weighted by Gasteiger charge is 2.41. The van der Waals surface area contributed by atoms with Crippen LogP contribution < -0.4 is 5.73 Å². The molecular formula is C10H16ClN3O4. The van der Waals surface area contributed by atoms with Crippen molar-refractivity contribution in [1.82, 2.24) is 9.32 Å². The van der Waals surface area contributed by atoms with Gasteiger partial charge in [0.05, 0.1) is 12.7 Å². The van der Waals surface area contributed by atoms with Crippen LogP contribution in [0.2, 0.25) is 0 Å². The largest absolute Gasteiger partial charge is 0.394 e. The second-order valence-electron chi connectivity index (χ2n) is 4.47. The van der Waals surface area contributed by atoms with Gasteiger partial charge in [-0.05, 0) is 12.5 Å². The van der Waals surface area contributed by atoms with Crippen molar-refractivity contribution < 1.29 is 19.7 Å². The summed E-state index contributed by atoms with van der Waals surface area (Å²) < 4.78 is 6.26. The Bertz CT molecular complexity index is 389. The number of hydrogen-bond acceptors (Lipinski definition) is 5. The molecule has 1 fully saturated rings. The number of nitrogens with zero attached hydrogens (tertiary/aromatic N) is 2. The van der Waals surface area contributed by atoms with E-state index < -0.39 is 24.5 Å². The second kappa shape index (κ2) is 4.93. The third-order valence-corrected chi connectivity index (χ3v) is 3.53. The van der Waals surface area contributed by atoms with E-state index in [0.717, 1.165) is 9.99 Å². The number of carbonyl (C=O) groups is 1. The first-order chi connectivity index (χ1) is 8.45. The normalized spacial score (nSPS) is 33.6. The maximum Gasteiger partial charge on any atom is 0.342 e. The first kappa shape index (κ1) is 13.4. The quantitative estimate of drug-likeness (QED) is 0.593. The Morgan fingerprint density at radius 3 is 2.83 bits per heavy atom. The molecule has 3 atom stereocenters. The molecule has 0 bridgehead atoms. The molecule has 8 heteroatoms. The van der Waals surface area contributed by atoms with E-state index in [-0.39, 0.29) is 18.8 Å². The average Bonchev–Trinajstić information content (AvgIpc) is 2.72. The van der Waals surface area contributed by atoms with Gasteiger partial charge in [0.25, 0.3) is 0 Å². The maximum absolute atomic E-state index is 12.0. The summed E-state index contributed by atoms with van der Waals surface area (Å²) in [4.78, 5) is 13.3. The summed E-state index contributed by atoms with van der Waals surface area (Å²) in [5, 5.41) is 18.7. The van der Waals surface area contributed by atoms with E-state index in [0.29, 0.717) is 6.54 Å². The molecule has 0 aromatic carbocycles. The monoisotopic (exact) mass is 277 g/mol. The lowest BCUT2D eigenvalue weighted by Gasteiger charge is -2.35. The van der Waals surface area contributed by atoms with E-state index >= 15 is 0 Å². The van der Waals surface area contributed by atoms with E-state index in [4.69, 9.17) is 27.4 Å². The van der Waals surface area contributed by atoms with Gasteiger partial charge in [0.2, 0.25) is 0 Å². The Balaban J connectivity index is 2.14. The van der Waals surface area contributed by atoms with Gasteiger partial charge in [-0.15, -0.1) is 0 Å². The number of carbonyl (C=O) groups excluding carboxylic acids is 1. The highest BCUT2D eigenvalue weighted by molar-refractivity contribution is 6.22. The highest BCUT2D eigenvalue weighted by Crippen LogP contribution is 2.28. The zero-order chi connectivity index (χ0) is 13.4. The fraction of sp³-hybridized carbons (Fsp3) is 0.700. The molecule has 2 aliphatic heterocycles. The predicted molar refractivity (Wildman–Crippen MR) is 63.1 cm³/mol. The molecule has 0 aromatic heterocycles. The van der Waals surface area contributed by atoms with E-state index in [1.165, 1.54) is 4.90 Å². The van der Waals surface area contributed by atoms with Crippen LogP contribution in [0.4, 0.5) is 4.79 Å². The maximum atomic E-state index is 12.0. The van der Waals surface area contributed by atoms with Crippen LogP contribution in [-0.2, 0) is 4.74 Å². The van der Waals surface area contributed by atoms with Crippen LogP contribution in [0, 0.1) is 0 Å². The van der Waals surface area contributed by atoms with Gasteiger partial charge in [-0.3, -0.25) is 4.90 Å². The minimum Gasteiger partial charge on any atom is -0.394 e. The van der Waals surface area contributed by atoms with Crippen LogP contribution in [0.25, 0.3) is 0 Å². The van der Waals surface area contributed by atoms with Crippen molar-refractivity contribution >= 4 is 17.8 Å². The molecule has 0 unspecified atom stereocenters. The second-order valence-corrected chi connectivity index (χ2v) is 4.81. The Morgan fingerprint density at radius 2 is 2.28 bits per heavy atom. The number of nitrogens with two attached hydrogens (primary N) is 1. The number of aliphatic hydroxyl groups excluding tert-OH is 2. The van der Waals surface area contributed by atoms with Crippen molar-refractivity contribution in [3.05, 3.63) is 11.4 Å². The van der Waals surface area contributed by atoms with Gasteiger partial charge in [-0.25, -0.2) is 4.79 Å². The molecule has 0 spiro atoms. The van der Waals surface area contributed by atoms with Crippen LogP contribution in [0.3, 0.4) is 0 Å². The lowest BCUT2D eigenvalue weighted by atomic mass is 10.1. The number of urea groups is 1. The lowest BCUT2D eigenvalue weighted by Crippen LogP contribution is -2.50. The molecule has 1 saturated heterocycles. The zero-order valence-electron chi connectivity index (χ0n) is 9.91. The summed E-state index contributed by atoms with van der Waals surface area (Å²) in [7, 11) is 0. The molecular weight excluding hydrogens is 262 g/mol. The van der Waals surface area contributed by atoms with Gasteiger partial charge in [0.15, 0.2) is 0 Å². The molecule has 0 saturated carbocycles. The summed E-state index contributed by atoms with van der Waals surface area (Å²) in [6, 6.07) is -0.490. The van der Waals surface area contributed by atoms with Gasteiger partial charge in [-0.1, -0.05) is 0 Å². The van der Waals surface area contributed by atoms with E-state index in [1.807, 2.05) is 0 Å². The van der Waals surface area contributed by atoms with E-state index in [1.54, 1.807) is 6.92 Å². The molecule has 18 heavy (non-hydrogen) atoms. The standard InChI is InChI=1S/C10H16ClN3O4/c1-5-3-13(10(17)14(11)9(5)12)8-2-6(16)7(4-15)18-8/h6-8,15-16H,2-4,12H2,1H3/t6-,7+,8+/m0/s1. The summed E-state index contributed by atoms with van der Waals surface area (Å²) in [6.07, 6.45) is -1.82. The number of aliphatic hydroxyl groups is 2. The molecule has 7 nitrogen and oxygen atoms in total. The number of hydrogen-bond donors (Lipinski definition) is 3. The Kier molecular flexibility index (Phi) is 3.67. The molecule has 0 radical (unpaired) electrons. The predicted octanol–water partition coefficient (Wildman–Crippen LogP) is -0.464. The molecule has 2 heterocycles. The van der Waals surface area contributed by atoms with Crippen molar-refractivity contribution in [3.8, 4) is 0 Å². The minimum atomic E-state index is -0.792. The average molecular weight is 278 g/mol. The minimum absolute atomic E-state index is 0.218. The molecule has 2 aliphatic rings. The van der Waals surface area contributed by atoms with Gasteiger partial charge in [-0.2, -0.15) is 4.42 Å². The number of amides is 2. The first-order valence-corrected chi connectivity index (χ1v) is 5.95. The van der Waals surface area contributed by atoms with Crippen LogP contribution in [0.15, 0.2) is 11.4 Å². The third-order valence-electron chi connectivity index (χ3n) is 3.20.